The molecule has 0 unspecified atom stereocenters. The fourth-order valence-electron chi connectivity index (χ4n) is 1.93. The minimum Gasteiger partial charge on any atom is -0.374 e. The van der Waals surface area contributed by atoms with Crippen LogP contribution in [0.2, 0.25) is 0 Å². The van der Waals surface area contributed by atoms with Crippen LogP contribution in [0.1, 0.15) is 12.7 Å². The van der Waals surface area contributed by atoms with Gasteiger partial charge in [0.2, 0.25) is 0 Å². The van der Waals surface area contributed by atoms with Crippen molar-refractivity contribution in [2.24, 2.45) is 0 Å². The summed E-state index contributed by atoms with van der Waals surface area (Å²) in [6, 6.07) is 1.99. The second-order valence-corrected chi connectivity index (χ2v) is 4.15. The van der Waals surface area contributed by atoms with Crippen molar-refractivity contribution >= 4 is 11.6 Å². The van der Waals surface area contributed by atoms with Crippen LogP contribution in [0.5, 0.6) is 0 Å². The van der Waals surface area contributed by atoms with Crippen molar-refractivity contribution in [1.29, 1.82) is 0 Å². The van der Waals surface area contributed by atoms with E-state index in [1.165, 1.54) is 0 Å². The third kappa shape index (κ3) is 3.30. The SMILES string of the molecule is CCOCc1nc(NC)cc(N2CCNCC2)n1. The van der Waals surface area contributed by atoms with Crippen LogP contribution >= 0.6 is 0 Å². The summed E-state index contributed by atoms with van der Waals surface area (Å²) in [6.07, 6.45) is 0. The molecule has 0 aliphatic carbocycles. The van der Waals surface area contributed by atoms with Gasteiger partial charge in [-0.3, -0.25) is 0 Å². The van der Waals surface area contributed by atoms with Crippen molar-refractivity contribution in [1.82, 2.24) is 15.3 Å². The normalized spacial score (nSPS) is 15.8. The number of ether oxygens (including phenoxy) is 1. The van der Waals surface area contributed by atoms with Crippen LogP contribution in [-0.2, 0) is 11.3 Å². The maximum absolute atomic E-state index is 5.38. The average molecular weight is 251 g/mol. The first-order valence-electron chi connectivity index (χ1n) is 6.42. The van der Waals surface area contributed by atoms with Crippen molar-refractivity contribution in [3.8, 4) is 0 Å². The van der Waals surface area contributed by atoms with Crippen LogP contribution in [0.3, 0.4) is 0 Å². The molecule has 6 nitrogen and oxygen atoms in total. The van der Waals surface area contributed by atoms with Crippen LogP contribution in [-0.4, -0.2) is 49.8 Å². The van der Waals surface area contributed by atoms with E-state index in [2.05, 4.69) is 25.5 Å². The maximum atomic E-state index is 5.38. The topological polar surface area (TPSA) is 62.3 Å². The van der Waals surface area contributed by atoms with E-state index in [4.69, 9.17) is 4.74 Å². The first-order valence-corrected chi connectivity index (χ1v) is 6.42. The Labute approximate surface area is 108 Å². The Balaban J connectivity index is 2.16. The minimum absolute atomic E-state index is 0.463. The summed E-state index contributed by atoms with van der Waals surface area (Å²) in [5.41, 5.74) is 0. The maximum Gasteiger partial charge on any atom is 0.158 e. The number of rotatable bonds is 5. The largest absolute Gasteiger partial charge is 0.374 e. The molecule has 1 aliphatic heterocycles. The van der Waals surface area contributed by atoms with Crippen molar-refractivity contribution in [3.63, 3.8) is 0 Å². The van der Waals surface area contributed by atoms with Crippen molar-refractivity contribution in [2.45, 2.75) is 13.5 Å². The highest BCUT2D eigenvalue weighted by Crippen LogP contribution is 2.16. The second kappa shape index (κ2) is 6.51. The third-order valence-electron chi connectivity index (χ3n) is 2.89. The van der Waals surface area contributed by atoms with Gasteiger partial charge >= 0.3 is 0 Å². The zero-order valence-electron chi connectivity index (χ0n) is 11.1. The van der Waals surface area contributed by atoms with Gasteiger partial charge in [-0.05, 0) is 6.92 Å². The van der Waals surface area contributed by atoms with E-state index < -0.39 is 0 Å². The van der Waals surface area contributed by atoms with Gasteiger partial charge in [0.25, 0.3) is 0 Å². The summed E-state index contributed by atoms with van der Waals surface area (Å²) in [5, 5.41) is 6.41. The number of nitrogens with one attached hydrogen (secondary N) is 2. The molecule has 2 N–H and O–H groups in total. The molecule has 1 saturated heterocycles. The zero-order chi connectivity index (χ0) is 12.8. The van der Waals surface area contributed by atoms with Gasteiger partial charge < -0.3 is 20.3 Å². The van der Waals surface area contributed by atoms with Crippen molar-refractivity contribution in [2.75, 3.05) is 50.1 Å². The Kier molecular flexibility index (Phi) is 4.72. The molecule has 2 heterocycles. The van der Waals surface area contributed by atoms with Gasteiger partial charge in [-0.15, -0.1) is 0 Å². The van der Waals surface area contributed by atoms with E-state index in [0.717, 1.165) is 43.6 Å². The van der Waals surface area contributed by atoms with Crippen LogP contribution in [0.25, 0.3) is 0 Å². The Morgan fingerprint density at radius 1 is 1.39 bits per heavy atom. The molecule has 18 heavy (non-hydrogen) atoms. The number of aromatic nitrogens is 2. The number of hydrogen-bond donors (Lipinski definition) is 2. The minimum atomic E-state index is 0.463. The van der Waals surface area contributed by atoms with Gasteiger partial charge in [0.15, 0.2) is 5.82 Å². The van der Waals surface area contributed by atoms with E-state index in [1.807, 2.05) is 20.0 Å². The van der Waals surface area contributed by atoms with E-state index in [1.54, 1.807) is 0 Å². The summed E-state index contributed by atoms with van der Waals surface area (Å²) in [4.78, 5) is 11.2. The van der Waals surface area contributed by atoms with Gasteiger partial charge in [0, 0.05) is 45.9 Å². The molecule has 6 heteroatoms. The second-order valence-electron chi connectivity index (χ2n) is 4.15. The summed E-state index contributed by atoms with van der Waals surface area (Å²) >= 11 is 0. The van der Waals surface area contributed by atoms with Crippen LogP contribution < -0.4 is 15.5 Å². The van der Waals surface area contributed by atoms with Gasteiger partial charge in [0.1, 0.15) is 18.2 Å². The fraction of sp³-hybridized carbons (Fsp3) is 0.667. The number of anilines is 2. The summed E-state index contributed by atoms with van der Waals surface area (Å²) in [5.74, 6) is 2.55. The lowest BCUT2D eigenvalue weighted by Gasteiger charge is -2.28. The third-order valence-corrected chi connectivity index (χ3v) is 2.89. The molecule has 1 aromatic rings. The van der Waals surface area contributed by atoms with E-state index in [9.17, 15) is 0 Å². The highest BCUT2D eigenvalue weighted by Gasteiger charge is 2.14. The summed E-state index contributed by atoms with van der Waals surface area (Å²) in [7, 11) is 1.87. The molecule has 0 radical (unpaired) electrons. The summed E-state index contributed by atoms with van der Waals surface area (Å²) < 4.78 is 5.38. The molecule has 0 amide bonds. The highest BCUT2D eigenvalue weighted by molar-refractivity contribution is 5.49. The lowest BCUT2D eigenvalue weighted by molar-refractivity contribution is 0.128. The molecule has 1 fully saturated rings. The number of hydrogen-bond acceptors (Lipinski definition) is 6. The molecule has 1 aliphatic rings. The van der Waals surface area contributed by atoms with E-state index in [0.29, 0.717) is 13.2 Å². The lowest BCUT2D eigenvalue weighted by atomic mass is 10.3. The average Bonchev–Trinajstić information content (AvgIpc) is 2.45. The molecular formula is C12H21N5O. The molecule has 1 aromatic heterocycles. The zero-order valence-corrected chi connectivity index (χ0v) is 11.1. The standard InChI is InChI=1S/C12H21N5O/c1-3-18-9-11-15-10(13-2)8-12(16-11)17-6-4-14-5-7-17/h8,14H,3-7,9H2,1-2H3,(H,13,15,16). The predicted molar refractivity (Wildman–Crippen MR) is 72.0 cm³/mol. The van der Waals surface area contributed by atoms with E-state index >= 15 is 0 Å². The predicted octanol–water partition coefficient (Wildman–Crippen LogP) is 0.464. The monoisotopic (exact) mass is 251 g/mol. The smallest absolute Gasteiger partial charge is 0.158 e. The van der Waals surface area contributed by atoms with Crippen LogP contribution in [0.15, 0.2) is 6.07 Å². The highest BCUT2D eigenvalue weighted by atomic mass is 16.5. The quantitative estimate of drug-likeness (QED) is 0.793. The fourth-order valence-corrected chi connectivity index (χ4v) is 1.93. The molecule has 0 aromatic carbocycles. The first kappa shape index (κ1) is 13.0. The van der Waals surface area contributed by atoms with Crippen LogP contribution in [0, 0.1) is 0 Å². The molecule has 0 saturated carbocycles. The number of nitrogens with zero attached hydrogens (tertiary/aromatic N) is 3. The lowest BCUT2D eigenvalue weighted by Crippen LogP contribution is -2.44. The molecular weight excluding hydrogens is 230 g/mol. The molecule has 0 bridgehead atoms. The molecule has 0 spiro atoms. The summed E-state index contributed by atoms with van der Waals surface area (Å²) in [6.45, 7) is 7.07. The van der Waals surface area contributed by atoms with Gasteiger partial charge in [-0.25, -0.2) is 9.97 Å². The van der Waals surface area contributed by atoms with Crippen molar-refractivity contribution in [3.05, 3.63) is 11.9 Å². The van der Waals surface area contributed by atoms with Crippen molar-refractivity contribution < 1.29 is 4.74 Å². The Hall–Kier alpha value is -1.40. The van der Waals surface area contributed by atoms with Crippen LogP contribution in [0.4, 0.5) is 11.6 Å². The van der Waals surface area contributed by atoms with Gasteiger partial charge in [-0.1, -0.05) is 0 Å². The Bertz CT molecular complexity index is 379. The molecule has 2 rings (SSSR count). The Morgan fingerprint density at radius 2 is 2.17 bits per heavy atom. The van der Waals surface area contributed by atoms with Gasteiger partial charge in [0.05, 0.1) is 0 Å². The van der Waals surface area contributed by atoms with Gasteiger partial charge in [-0.2, -0.15) is 0 Å². The number of piperazine rings is 1. The first-order chi connectivity index (χ1) is 8.83. The molecule has 100 valence electrons. The molecule has 0 atom stereocenters. The Morgan fingerprint density at radius 3 is 2.83 bits per heavy atom. The van der Waals surface area contributed by atoms with E-state index in [-0.39, 0.29) is 0 Å².